The Balaban J connectivity index is 2.60. The molecule has 0 saturated heterocycles. The fourth-order valence-electron chi connectivity index (χ4n) is 2.35. The summed E-state index contributed by atoms with van der Waals surface area (Å²) in [5, 5.41) is 2.84. The maximum Gasteiger partial charge on any atom is 0.243 e. The van der Waals surface area contributed by atoms with Crippen molar-refractivity contribution >= 4 is 11.8 Å². The molecule has 0 aliphatic carbocycles. The number of carbonyl (C=O) groups excluding carboxylic acids is 2. The van der Waals surface area contributed by atoms with Gasteiger partial charge in [-0.15, -0.1) is 0 Å². The smallest absolute Gasteiger partial charge is 0.243 e. The molecule has 1 unspecified atom stereocenters. The molecule has 0 saturated carbocycles. The van der Waals surface area contributed by atoms with Gasteiger partial charge in [0.25, 0.3) is 0 Å². The van der Waals surface area contributed by atoms with Gasteiger partial charge in [-0.25, -0.2) is 0 Å². The first-order valence-corrected chi connectivity index (χ1v) is 7.19. The number of aryl methyl sites for hydroxylation is 1. The summed E-state index contributed by atoms with van der Waals surface area (Å²) in [6.45, 7) is 3.85. The Hall–Kier alpha value is -1.84. The molecular weight excluding hydrogens is 252 g/mol. The highest BCUT2D eigenvalue weighted by atomic mass is 16.2. The van der Waals surface area contributed by atoms with Gasteiger partial charge in [-0.2, -0.15) is 0 Å². The van der Waals surface area contributed by atoms with Crippen LogP contribution in [0.4, 0.5) is 0 Å². The Morgan fingerprint density at radius 2 is 1.85 bits per heavy atom. The first kappa shape index (κ1) is 16.2. The Kier molecular flexibility index (Phi) is 6.22. The van der Waals surface area contributed by atoms with Crippen LogP contribution in [-0.4, -0.2) is 17.4 Å². The van der Waals surface area contributed by atoms with Crippen LogP contribution < -0.4 is 11.1 Å². The quantitative estimate of drug-likeness (QED) is 0.763. The fraction of sp³-hybridized carbons (Fsp3) is 0.500. The van der Waals surface area contributed by atoms with Gasteiger partial charge in [-0.1, -0.05) is 50.6 Å². The molecule has 20 heavy (non-hydrogen) atoms. The average Bonchev–Trinajstić information content (AvgIpc) is 2.45. The normalized spacial score (nSPS) is 13.5. The van der Waals surface area contributed by atoms with Crippen LogP contribution in [0.5, 0.6) is 0 Å². The molecule has 4 heteroatoms. The first-order chi connectivity index (χ1) is 9.54. The summed E-state index contributed by atoms with van der Waals surface area (Å²) < 4.78 is 0. The second-order valence-electron chi connectivity index (χ2n) is 5.08. The minimum Gasteiger partial charge on any atom is -0.368 e. The average molecular weight is 276 g/mol. The zero-order chi connectivity index (χ0) is 15.0. The van der Waals surface area contributed by atoms with Gasteiger partial charge < -0.3 is 11.1 Å². The van der Waals surface area contributed by atoms with E-state index in [0.29, 0.717) is 25.7 Å². The van der Waals surface area contributed by atoms with E-state index < -0.39 is 11.4 Å². The van der Waals surface area contributed by atoms with Crippen LogP contribution >= 0.6 is 0 Å². The van der Waals surface area contributed by atoms with Crippen molar-refractivity contribution < 1.29 is 9.59 Å². The van der Waals surface area contributed by atoms with Gasteiger partial charge in [0.05, 0.1) is 0 Å². The molecule has 0 aliphatic rings. The van der Waals surface area contributed by atoms with Crippen LogP contribution in [-0.2, 0) is 16.0 Å². The molecule has 0 aromatic heterocycles. The van der Waals surface area contributed by atoms with Crippen LogP contribution in [0, 0.1) is 0 Å². The van der Waals surface area contributed by atoms with Crippen molar-refractivity contribution in [3.8, 4) is 0 Å². The monoisotopic (exact) mass is 276 g/mol. The second kappa shape index (κ2) is 7.68. The molecular formula is C16H24N2O2. The van der Waals surface area contributed by atoms with E-state index in [-0.39, 0.29) is 5.91 Å². The minimum absolute atomic E-state index is 0.122. The van der Waals surface area contributed by atoms with Crippen molar-refractivity contribution in [2.45, 2.75) is 51.5 Å². The van der Waals surface area contributed by atoms with Crippen molar-refractivity contribution in [2.24, 2.45) is 5.73 Å². The van der Waals surface area contributed by atoms with Crippen molar-refractivity contribution in [3.63, 3.8) is 0 Å². The van der Waals surface area contributed by atoms with E-state index in [1.165, 1.54) is 0 Å². The molecule has 3 N–H and O–H groups in total. The van der Waals surface area contributed by atoms with Gasteiger partial charge in [0.2, 0.25) is 11.8 Å². The molecule has 1 rings (SSSR count). The van der Waals surface area contributed by atoms with Gasteiger partial charge in [0.1, 0.15) is 5.54 Å². The standard InChI is InChI=1S/C16H24N2O2/c1-3-12-16(4-2,15(17)20)18-14(19)11-10-13-8-6-5-7-9-13/h5-9H,3-4,10-12H2,1-2H3,(H2,17,20)(H,18,19). The summed E-state index contributed by atoms with van der Waals surface area (Å²) in [5.41, 5.74) is 5.68. The maximum atomic E-state index is 12.1. The van der Waals surface area contributed by atoms with Crippen LogP contribution in [0.25, 0.3) is 0 Å². The number of hydrogen-bond acceptors (Lipinski definition) is 2. The SMILES string of the molecule is CCCC(CC)(NC(=O)CCc1ccccc1)C(N)=O. The highest BCUT2D eigenvalue weighted by molar-refractivity contribution is 5.90. The number of amides is 2. The third kappa shape index (κ3) is 4.37. The zero-order valence-corrected chi connectivity index (χ0v) is 12.3. The molecule has 1 atom stereocenters. The summed E-state index contributed by atoms with van der Waals surface area (Å²) in [6, 6.07) is 9.81. The lowest BCUT2D eigenvalue weighted by atomic mass is 9.89. The Morgan fingerprint density at radius 3 is 2.35 bits per heavy atom. The van der Waals surface area contributed by atoms with E-state index in [1.807, 2.05) is 44.2 Å². The number of rotatable bonds is 8. The molecule has 2 amide bonds. The minimum atomic E-state index is -0.900. The van der Waals surface area contributed by atoms with Crippen molar-refractivity contribution in [1.82, 2.24) is 5.32 Å². The topological polar surface area (TPSA) is 72.2 Å². The lowest BCUT2D eigenvalue weighted by Crippen LogP contribution is -2.57. The summed E-state index contributed by atoms with van der Waals surface area (Å²) in [6.07, 6.45) is 2.93. The molecule has 1 aromatic carbocycles. The molecule has 0 bridgehead atoms. The van der Waals surface area contributed by atoms with Gasteiger partial charge >= 0.3 is 0 Å². The van der Waals surface area contributed by atoms with E-state index in [9.17, 15) is 9.59 Å². The highest BCUT2D eigenvalue weighted by Gasteiger charge is 2.35. The van der Waals surface area contributed by atoms with Crippen LogP contribution in [0.3, 0.4) is 0 Å². The Morgan fingerprint density at radius 1 is 1.20 bits per heavy atom. The van der Waals surface area contributed by atoms with Gasteiger partial charge in [0, 0.05) is 6.42 Å². The number of hydrogen-bond donors (Lipinski definition) is 2. The summed E-state index contributed by atoms with van der Waals surface area (Å²) in [4.78, 5) is 23.7. The summed E-state index contributed by atoms with van der Waals surface area (Å²) in [5.74, 6) is -0.571. The van der Waals surface area contributed by atoms with Crippen molar-refractivity contribution in [1.29, 1.82) is 0 Å². The molecule has 110 valence electrons. The molecule has 0 spiro atoms. The van der Waals surface area contributed by atoms with E-state index in [1.54, 1.807) is 0 Å². The lowest BCUT2D eigenvalue weighted by molar-refractivity contribution is -0.132. The Bertz CT molecular complexity index is 445. The van der Waals surface area contributed by atoms with Crippen LogP contribution in [0.15, 0.2) is 30.3 Å². The first-order valence-electron chi connectivity index (χ1n) is 7.19. The number of carbonyl (C=O) groups is 2. The predicted octanol–water partition coefficient (Wildman–Crippen LogP) is 2.17. The maximum absolute atomic E-state index is 12.1. The number of nitrogens with two attached hydrogens (primary N) is 1. The molecule has 0 radical (unpaired) electrons. The third-order valence-corrected chi connectivity index (χ3v) is 3.61. The Labute approximate surface area is 120 Å². The van der Waals surface area contributed by atoms with Gasteiger partial charge in [-0.3, -0.25) is 9.59 Å². The molecule has 0 fully saturated rings. The van der Waals surface area contributed by atoms with Crippen molar-refractivity contribution in [3.05, 3.63) is 35.9 Å². The van der Waals surface area contributed by atoms with Gasteiger partial charge in [-0.05, 0) is 24.8 Å². The van der Waals surface area contributed by atoms with E-state index in [0.717, 1.165) is 12.0 Å². The van der Waals surface area contributed by atoms with E-state index in [2.05, 4.69) is 5.32 Å². The summed E-state index contributed by atoms with van der Waals surface area (Å²) >= 11 is 0. The van der Waals surface area contributed by atoms with Crippen LogP contribution in [0.1, 0.15) is 45.1 Å². The van der Waals surface area contributed by atoms with Crippen molar-refractivity contribution in [2.75, 3.05) is 0 Å². The largest absolute Gasteiger partial charge is 0.368 e. The zero-order valence-electron chi connectivity index (χ0n) is 12.3. The molecule has 1 aromatic rings. The molecule has 0 aliphatic heterocycles. The lowest BCUT2D eigenvalue weighted by Gasteiger charge is -2.30. The number of primary amides is 1. The second-order valence-corrected chi connectivity index (χ2v) is 5.08. The van der Waals surface area contributed by atoms with Crippen LogP contribution in [0.2, 0.25) is 0 Å². The predicted molar refractivity (Wildman–Crippen MR) is 80.0 cm³/mol. The van der Waals surface area contributed by atoms with E-state index >= 15 is 0 Å². The number of benzene rings is 1. The van der Waals surface area contributed by atoms with Gasteiger partial charge in [0.15, 0.2) is 0 Å². The third-order valence-electron chi connectivity index (χ3n) is 3.61. The molecule has 4 nitrogen and oxygen atoms in total. The highest BCUT2D eigenvalue weighted by Crippen LogP contribution is 2.17. The number of nitrogens with one attached hydrogen (secondary N) is 1. The molecule has 0 heterocycles. The summed E-state index contributed by atoms with van der Waals surface area (Å²) in [7, 11) is 0. The fourth-order valence-corrected chi connectivity index (χ4v) is 2.35. The van der Waals surface area contributed by atoms with E-state index in [4.69, 9.17) is 5.73 Å².